The van der Waals surface area contributed by atoms with E-state index < -0.39 is 0 Å². The van der Waals surface area contributed by atoms with Crippen molar-refractivity contribution in [3.8, 4) is 0 Å². The van der Waals surface area contributed by atoms with Gasteiger partial charge in [-0.25, -0.2) is 4.98 Å². The van der Waals surface area contributed by atoms with Crippen molar-refractivity contribution in [2.45, 2.75) is 57.4 Å². The van der Waals surface area contributed by atoms with Gasteiger partial charge < -0.3 is 10.6 Å². The SMILES string of the molecule is NC1CCCc2nc(N3CCCCCCC3)sc21. The number of nitrogens with zero attached hydrogens (tertiary/aromatic N) is 2. The lowest BCUT2D eigenvalue weighted by molar-refractivity contribution is 0.554. The number of aromatic nitrogens is 1. The Morgan fingerprint density at radius 2 is 1.78 bits per heavy atom. The van der Waals surface area contributed by atoms with Crippen LogP contribution in [0.15, 0.2) is 0 Å². The Hall–Kier alpha value is -0.610. The molecule has 1 aliphatic heterocycles. The molecule has 0 saturated carbocycles. The van der Waals surface area contributed by atoms with E-state index in [1.807, 2.05) is 11.3 Å². The van der Waals surface area contributed by atoms with Crippen LogP contribution in [-0.2, 0) is 6.42 Å². The summed E-state index contributed by atoms with van der Waals surface area (Å²) in [6.45, 7) is 2.36. The van der Waals surface area contributed by atoms with E-state index in [1.54, 1.807) is 0 Å². The summed E-state index contributed by atoms with van der Waals surface area (Å²) in [7, 11) is 0. The maximum absolute atomic E-state index is 6.20. The lowest BCUT2D eigenvalue weighted by Crippen LogP contribution is -2.26. The average Bonchev–Trinajstić information content (AvgIpc) is 2.73. The Morgan fingerprint density at radius 3 is 2.50 bits per heavy atom. The van der Waals surface area contributed by atoms with Gasteiger partial charge in [-0.3, -0.25) is 0 Å². The number of aryl methyl sites for hydroxylation is 1. The molecule has 1 unspecified atom stereocenters. The zero-order valence-corrected chi connectivity index (χ0v) is 11.8. The van der Waals surface area contributed by atoms with Gasteiger partial charge in [0.2, 0.25) is 0 Å². The first-order valence-corrected chi connectivity index (χ1v) is 8.16. The summed E-state index contributed by atoms with van der Waals surface area (Å²) < 4.78 is 0. The zero-order valence-electron chi connectivity index (χ0n) is 11.0. The fourth-order valence-corrected chi connectivity index (χ4v) is 4.21. The van der Waals surface area contributed by atoms with Crippen LogP contribution in [0.2, 0.25) is 0 Å². The lowest BCUT2D eigenvalue weighted by atomic mass is 9.99. The molecule has 0 aromatic carbocycles. The van der Waals surface area contributed by atoms with Gasteiger partial charge in [0.15, 0.2) is 5.13 Å². The standard InChI is InChI=1S/C14H23N3S/c15-11-7-6-8-12-13(11)18-14(16-12)17-9-4-2-1-3-5-10-17/h11H,1-10,15H2. The van der Waals surface area contributed by atoms with Crippen LogP contribution in [0, 0.1) is 0 Å². The molecule has 3 nitrogen and oxygen atoms in total. The van der Waals surface area contributed by atoms with Crippen molar-refractivity contribution < 1.29 is 0 Å². The molecule has 2 heterocycles. The summed E-state index contributed by atoms with van der Waals surface area (Å²) in [6.07, 6.45) is 10.3. The van der Waals surface area contributed by atoms with Gasteiger partial charge in [0.1, 0.15) is 0 Å². The average molecular weight is 265 g/mol. The van der Waals surface area contributed by atoms with E-state index >= 15 is 0 Å². The maximum atomic E-state index is 6.20. The zero-order chi connectivity index (χ0) is 12.4. The summed E-state index contributed by atoms with van der Waals surface area (Å²) in [4.78, 5) is 8.72. The Labute approximate surface area is 113 Å². The number of hydrogen-bond acceptors (Lipinski definition) is 4. The fraction of sp³-hybridized carbons (Fsp3) is 0.786. The predicted octanol–water partition coefficient (Wildman–Crippen LogP) is 3.25. The van der Waals surface area contributed by atoms with Crippen LogP contribution < -0.4 is 10.6 Å². The second kappa shape index (κ2) is 5.57. The van der Waals surface area contributed by atoms with Crippen LogP contribution in [0.3, 0.4) is 0 Å². The summed E-state index contributed by atoms with van der Waals surface area (Å²) >= 11 is 1.86. The van der Waals surface area contributed by atoms with Gasteiger partial charge in [0.25, 0.3) is 0 Å². The minimum atomic E-state index is 0.245. The Balaban J connectivity index is 1.78. The van der Waals surface area contributed by atoms with E-state index in [-0.39, 0.29) is 6.04 Å². The third-order valence-corrected chi connectivity index (χ3v) is 5.40. The highest BCUT2D eigenvalue weighted by molar-refractivity contribution is 7.15. The predicted molar refractivity (Wildman–Crippen MR) is 77.3 cm³/mol. The topological polar surface area (TPSA) is 42.1 Å². The first-order chi connectivity index (χ1) is 8.84. The maximum Gasteiger partial charge on any atom is 0.185 e. The van der Waals surface area contributed by atoms with Gasteiger partial charge in [-0.1, -0.05) is 30.6 Å². The lowest BCUT2D eigenvalue weighted by Gasteiger charge is -2.23. The van der Waals surface area contributed by atoms with Crippen LogP contribution >= 0.6 is 11.3 Å². The summed E-state index contributed by atoms with van der Waals surface area (Å²) in [6, 6.07) is 0.245. The number of rotatable bonds is 1. The Kier molecular flexibility index (Phi) is 3.85. The van der Waals surface area contributed by atoms with Gasteiger partial charge >= 0.3 is 0 Å². The van der Waals surface area contributed by atoms with Crippen molar-refractivity contribution in [2.75, 3.05) is 18.0 Å². The Bertz CT molecular complexity index is 394. The van der Waals surface area contributed by atoms with Crippen molar-refractivity contribution in [3.05, 3.63) is 10.6 Å². The van der Waals surface area contributed by atoms with Crippen molar-refractivity contribution in [2.24, 2.45) is 5.73 Å². The van der Waals surface area contributed by atoms with Crippen molar-refractivity contribution in [1.82, 2.24) is 4.98 Å². The highest BCUT2D eigenvalue weighted by Gasteiger charge is 2.23. The number of anilines is 1. The van der Waals surface area contributed by atoms with E-state index in [0.29, 0.717) is 0 Å². The molecule has 0 spiro atoms. The normalized spacial score (nSPS) is 25.4. The smallest absolute Gasteiger partial charge is 0.185 e. The molecule has 0 radical (unpaired) electrons. The third-order valence-electron chi connectivity index (χ3n) is 4.11. The summed E-state index contributed by atoms with van der Waals surface area (Å²) in [5, 5.41) is 1.24. The van der Waals surface area contributed by atoms with Crippen LogP contribution in [0.1, 0.15) is 61.6 Å². The second-order valence-corrected chi connectivity index (χ2v) is 6.57. The van der Waals surface area contributed by atoms with Crippen molar-refractivity contribution in [1.29, 1.82) is 0 Å². The molecule has 1 fully saturated rings. The summed E-state index contributed by atoms with van der Waals surface area (Å²) in [5.41, 5.74) is 7.48. The number of fused-ring (bicyclic) bond motifs is 1. The third kappa shape index (κ3) is 2.54. The first-order valence-electron chi connectivity index (χ1n) is 7.35. The molecule has 0 amide bonds. The molecule has 1 atom stereocenters. The van der Waals surface area contributed by atoms with Gasteiger partial charge in [-0.15, -0.1) is 0 Å². The number of hydrogen-bond donors (Lipinski definition) is 1. The van der Waals surface area contributed by atoms with E-state index in [1.165, 1.54) is 67.3 Å². The molecule has 1 saturated heterocycles. The monoisotopic (exact) mass is 265 g/mol. The van der Waals surface area contributed by atoms with Gasteiger partial charge in [0, 0.05) is 24.0 Å². The summed E-state index contributed by atoms with van der Waals surface area (Å²) in [5.74, 6) is 0. The molecule has 4 heteroatoms. The number of thiazole rings is 1. The highest BCUT2D eigenvalue weighted by Crippen LogP contribution is 2.36. The molecule has 3 rings (SSSR count). The van der Waals surface area contributed by atoms with E-state index in [9.17, 15) is 0 Å². The molecule has 1 aromatic rings. The molecule has 18 heavy (non-hydrogen) atoms. The van der Waals surface area contributed by atoms with E-state index in [4.69, 9.17) is 10.7 Å². The minimum Gasteiger partial charge on any atom is -0.348 e. The van der Waals surface area contributed by atoms with Gasteiger partial charge in [-0.2, -0.15) is 0 Å². The number of nitrogens with two attached hydrogens (primary N) is 1. The highest BCUT2D eigenvalue weighted by atomic mass is 32.1. The van der Waals surface area contributed by atoms with Crippen LogP contribution in [0.25, 0.3) is 0 Å². The molecule has 2 N–H and O–H groups in total. The van der Waals surface area contributed by atoms with Crippen molar-refractivity contribution >= 4 is 16.5 Å². The van der Waals surface area contributed by atoms with Gasteiger partial charge in [-0.05, 0) is 32.1 Å². The largest absolute Gasteiger partial charge is 0.348 e. The van der Waals surface area contributed by atoms with Crippen LogP contribution in [-0.4, -0.2) is 18.1 Å². The molecule has 1 aromatic heterocycles. The minimum absolute atomic E-state index is 0.245. The van der Waals surface area contributed by atoms with Gasteiger partial charge in [0.05, 0.1) is 5.69 Å². The molecule has 100 valence electrons. The van der Waals surface area contributed by atoms with Crippen LogP contribution in [0.5, 0.6) is 0 Å². The molecule has 2 aliphatic rings. The Morgan fingerprint density at radius 1 is 1.06 bits per heavy atom. The van der Waals surface area contributed by atoms with E-state index in [0.717, 1.165) is 12.8 Å². The first kappa shape index (κ1) is 12.4. The molecular formula is C14H23N3S. The second-order valence-electron chi connectivity index (χ2n) is 5.56. The quantitative estimate of drug-likeness (QED) is 0.847. The fourth-order valence-electron chi connectivity index (χ4n) is 3.01. The van der Waals surface area contributed by atoms with E-state index in [2.05, 4.69) is 4.90 Å². The van der Waals surface area contributed by atoms with Crippen LogP contribution in [0.4, 0.5) is 5.13 Å². The molecule has 0 bridgehead atoms. The molecular weight excluding hydrogens is 242 g/mol. The van der Waals surface area contributed by atoms with Crippen molar-refractivity contribution in [3.63, 3.8) is 0 Å². The molecule has 1 aliphatic carbocycles.